The SMILES string of the molecule is CC(O)[C@H]1C(=O)N2C(C(=O)O)=C(S[C@@H]3CCN(CC4CCN(C(=N)N)CC4)C3)[C@H](C)[C@H]12. The summed E-state index contributed by atoms with van der Waals surface area (Å²) in [7, 11) is 0. The zero-order valence-electron chi connectivity index (χ0n) is 18.2. The second-order valence-electron chi connectivity index (χ2n) is 9.38. The zero-order valence-corrected chi connectivity index (χ0v) is 19.0. The number of amides is 1. The van der Waals surface area contributed by atoms with Gasteiger partial charge in [-0.2, -0.15) is 0 Å². The van der Waals surface area contributed by atoms with Gasteiger partial charge in [-0.3, -0.25) is 10.2 Å². The molecule has 0 radical (unpaired) electrons. The molecule has 9 nitrogen and oxygen atoms in total. The Bertz CT molecular complexity index is 795. The van der Waals surface area contributed by atoms with E-state index in [1.54, 1.807) is 18.7 Å². The standard InChI is InChI=1S/C21H33N5O4S/c1-11-16-15(12(2)27)19(28)26(16)17(20(29)30)18(11)31-14-5-6-24(10-14)9-13-3-7-25(8-4-13)21(22)23/h11-16,27H,3-10H2,1-2H3,(H3,22,23)(H,29,30)/t11-,12?,14-,15-,16-/m1/s1. The van der Waals surface area contributed by atoms with Crippen LogP contribution in [0.2, 0.25) is 0 Å². The maximum absolute atomic E-state index is 12.5. The maximum atomic E-state index is 12.5. The number of carbonyl (C=O) groups is 2. The van der Waals surface area contributed by atoms with Crippen molar-refractivity contribution in [2.75, 3.05) is 32.7 Å². The van der Waals surface area contributed by atoms with Gasteiger partial charge in [0, 0.05) is 42.3 Å². The number of guanidine groups is 1. The van der Waals surface area contributed by atoms with Gasteiger partial charge in [0.25, 0.3) is 0 Å². The number of hydrogen-bond acceptors (Lipinski definition) is 6. The molecule has 0 saturated carbocycles. The molecule has 31 heavy (non-hydrogen) atoms. The summed E-state index contributed by atoms with van der Waals surface area (Å²) in [5.74, 6) is -1.15. The number of fused-ring (bicyclic) bond motifs is 1. The third kappa shape index (κ3) is 4.05. The minimum atomic E-state index is -1.05. The van der Waals surface area contributed by atoms with Gasteiger partial charge < -0.3 is 30.6 Å². The van der Waals surface area contributed by atoms with Crippen LogP contribution in [0.5, 0.6) is 0 Å². The molecule has 0 aromatic rings. The van der Waals surface area contributed by atoms with Crippen LogP contribution in [0.1, 0.15) is 33.1 Å². The molecule has 0 aromatic heterocycles. The molecule has 10 heteroatoms. The fourth-order valence-electron chi connectivity index (χ4n) is 5.64. The monoisotopic (exact) mass is 451 g/mol. The van der Waals surface area contributed by atoms with E-state index in [0.29, 0.717) is 11.2 Å². The summed E-state index contributed by atoms with van der Waals surface area (Å²) < 4.78 is 0. The number of aliphatic carboxylic acids is 1. The van der Waals surface area contributed by atoms with Crippen molar-refractivity contribution in [3.05, 3.63) is 10.6 Å². The number of β-lactam (4-membered cyclic amide) rings is 1. The van der Waals surface area contributed by atoms with Crippen LogP contribution in [0.4, 0.5) is 0 Å². The molecule has 1 amide bonds. The molecule has 4 rings (SSSR count). The molecule has 5 atom stereocenters. The number of aliphatic hydroxyl groups is 1. The van der Waals surface area contributed by atoms with Crippen molar-refractivity contribution < 1.29 is 19.8 Å². The average Bonchev–Trinajstić information content (AvgIpc) is 3.23. The summed E-state index contributed by atoms with van der Waals surface area (Å²) >= 11 is 1.62. The highest BCUT2D eigenvalue weighted by atomic mass is 32.2. The van der Waals surface area contributed by atoms with E-state index in [4.69, 9.17) is 11.1 Å². The van der Waals surface area contributed by atoms with Crippen molar-refractivity contribution in [1.82, 2.24) is 14.7 Å². The summed E-state index contributed by atoms with van der Waals surface area (Å²) in [6, 6.07) is -0.245. The van der Waals surface area contributed by atoms with Gasteiger partial charge in [-0.15, -0.1) is 11.8 Å². The quantitative estimate of drug-likeness (QED) is 0.261. The molecule has 0 bridgehead atoms. The van der Waals surface area contributed by atoms with Crippen molar-refractivity contribution in [3.63, 3.8) is 0 Å². The molecule has 4 aliphatic rings. The van der Waals surface area contributed by atoms with Gasteiger partial charge in [-0.1, -0.05) is 6.92 Å². The summed E-state index contributed by atoms with van der Waals surface area (Å²) in [5, 5.41) is 27.7. The number of nitrogens with one attached hydrogen (secondary N) is 1. The van der Waals surface area contributed by atoms with E-state index < -0.39 is 18.0 Å². The molecule has 5 N–H and O–H groups in total. The predicted molar refractivity (Wildman–Crippen MR) is 118 cm³/mol. The van der Waals surface area contributed by atoms with E-state index in [-0.39, 0.29) is 29.5 Å². The van der Waals surface area contributed by atoms with Gasteiger partial charge in [-0.05, 0) is 38.6 Å². The van der Waals surface area contributed by atoms with Crippen LogP contribution in [0.15, 0.2) is 10.6 Å². The number of likely N-dealkylation sites (tertiary alicyclic amines) is 2. The van der Waals surface area contributed by atoms with Gasteiger partial charge >= 0.3 is 5.97 Å². The Morgan fingerprint density at radius 1 is 1.29 bits per heavy atom. The maximum Gasteiger partial charge on any atom is 0.353 e. The Kier molecular flexibility index (Phi) is 6.24. The first-order chi connectivity index (χ1) is 14.7. The topological polar surface area (TPSA) is 134 Å². The van der Waals surface area contributed by atoms with Crippen molar-refractivity contribution >= 4 is 29.6 Å². The number of hydrogen-bond donors (Lipinski definition) is 4. The summed E-state index contributed by atoms with van der Waals surface area (Å²) in [6.07, 6.45) is 2.31. The van der Waals surface area contributed by atoms with E-state index in [9.17, 15) is 19.8 Å². The molecule has 3 saturated heterocycles. The smallest absolute Gasteiger partial charge is 0.353 e. The molecule has 4 aliphatic heterocycles. The molecule has 172 valence electrons. The molecule has 0 aromatic carbocycles. The minimum Gasteiger partial charge on any atom is -0.477 e. The molecule has 1 unspecified atom stereocenters. The molecule has 4 heterocycles. The molecule has 3 fully saturated rings. The van der Waals surface area contributed by atoms with Crippen molar-refractivity contribution in [2.24, 2.45) is 23.5 Å². The first-order valence-electron chi connectivity index (χ1n) is 11.2. The number of thioether (sulfide) groups is 1. The minimum absolute atomic E-state index is 0.0710. The van der Waals surface area contributed by atoms with E-state index in [2.05, 4.69) is 4.90 Å². The Morgan fingerprint density at radius 2 is 1.97 bits per heavy atom. The van der Waals surface area contributed by atoms with Gasteiger partial charge in [0.05, 0.1) is 18.1 Å². The first-order valence-corrected chi connectivity index (χ1v) is 12.0. The normalized spacial score (nSPS) is 32.9. The molecule has 0 spiro atoms. The fraction of sp³-hybridized carbons (Fsp3) is 0.762. The second-order valence-corrected chi connectivity index (χ2v) is 10.7. The highest BCUT2D eigenvalue weighted by Gasteiger charge is 2.60. The number of nitrogens with two attached hydrogens (primary N) is 1. The average molecular weight is 452 g/mol. The summed E-state index contributed by atoms with van der Waals surface area (Å²) in [5.41, 5.74) is 5.71. The van der Waals surface area contributed by atoms with Crippen molar-refractivity contribution in [1.29, 1.82) is 5.41 Å². The van der Waals surface area contributed by atoms with Crippen LogP contribution in [0, 0.1) is 23.2 Å². The van der Waals surface area contributed by atoms with Crippen LogP contribution in [0.3, 0.4) is 0 Å². The Morgan fingerprint density at radius 3 is 2.55 bits per heavy atom. The van der Waals surface area contributed by atoms with Crippen LogP contribution < -0.4 is 5.73 Å². The molecular formula is C21H33N5O4S. The van der Waals surface area contributed by atoms with Gasteiger partial charge in [0.15, 0.2) is 5.96 Å². The lowest BCUT2D eigenvalue weighted by Crippen LogP contribution is -2.63. The highest BCUT2D eigenvalue weighted by Crippen LogP contribution is 2.51. The third-order valence-electron chi connectivity index (χ3n) is 7.31. The Labute approximate surface area is 187 Å². The number of piperidine rings is 1. The first kappa shape index (κ1) is 22.4. The van der Waals surface area contributed by atoms with Crippen molar-refractivity contribution in [2.45, 2.75) is 50.5 Å². The van der Waals surface area contributed by atoms with Crippen LogP contribution in [-0.4, -0.2) is 92.9 Å². The molecular weight excluding hydrogens is 418 g/mol. The van der Waals surface area contributed by atoms with E-state index in [0.717, 1.165) is 56.9 Å². The lowest BCUT2D eigenvalue weighted by molar-refractivity contribution is -0.163. The second kappa shape index (κ2) is 8.63. The van der Waals surface area contributed by atoms with E-state index in [1.165, 1.54) is 4.90 Å². The van der Waals surface area contributed by atoms with Gasteiger partial charge in [0.1, 0.15) is 5.70 Å². The highest BCUT2D eigenvalue weighted by molar-refractivity contribution is 8.03. The number of rotatable bonds is 6. The van der Waals surface area contributed by atoms with Crippen LogP contribution in [0.25, 0.3) is 0 Å². The van der Waals surface area contributed by atoms with Crippen LogP contribution >= 0.6 is 11.8 Å². The summed E-state index contributed by atoms with van der Waals surface area (Å²) in [4.78, 5) is 31.1. The zero-order chi connectivity index (χ0) is 22.4. The van der Waals surface area contributed by atoms with Crippen LogP contribution in [-0.2, 0) is 9.59 Å². The summed E-state index contributed by atoms with van der Waals surface area (Å²) in [6.45, 7) is 8.21. The predicted octanol–water partition coefficient (Wildman–Crippen LogP) is 0.553. The molecule has 0 aliphatic carbocycles. The largest absolute Gasteiger partial charge is 0.477 e. The number of carboxylic acids is 1. The number of carboxylic acid groups (broad SMARTS) is 1. The Balaban J connectivity index is 1.36. The van der Waals surface area contributed by atoms with Crippen molar-refractivity contribution in [3.8, 4) is 0 Å². The van der Waals surface area contributed by atoms with E-state index in [1.807, 2.05) is 11.8 Å². The number of nitrogens with zero attached hydrogens (tertiary/aromatic N) is 3. The fourth-order valence-corrected chi connectivity index (χ4v) is 7.16. The Hall–Kier alpha value is -1.78. The van der Waals surface area contributed by atoms with Gasteiger partial charge in [0.2, 0.25) is 5.91 Å². The third-order valence-corrected chi connectivity index (χ3v) is 8.84. The number of carbonyl (C=O) groups excluding carboxylic acids is 1. The van der Waals surface area contributed by atoms with E-state index >= 15 is 0 Å². The lowest BCUT2D eigenvalue weighted by atomic mass is 9.79. The lowest BCUT2D eigenvalue weighted by Gasteiger charge is -2.46. The number of aliphatic hydroxyl groups excluding tert-OH is 1. The van der Waals surface area contributed by atoms with Gasteiger partial charge in [-0.25, -0.2) is 4.79 Å².